The van der Waals surface area contributed by atoms with Crippen LogP contribution >= 0.6 is 0 Å². The molecule has 0 rings (SSSR count). The molecule has 0 saturated carbocycles. The van der Waals surface area contributed by atoms with Crippen LogP contribution in [0.25, 0.3) is 0 Å². The van der Waals surface area contributed by atoms with Crippen molar-refractivity contribution in [2.75, 3.05) is 0 Å². The molecular weight excluding hydrogens is 649 g/mol. The minimum absolute atomic E-state index is 1.38. The van der Waals surface area contributed by atoms with Crippen molar-refractivity contribution in [2.45, 2.75) is 306 Å². The Morgan fingerprint density at radius 3 is 0.429 bits per heavy atom. The van der Waals surface area contributed by atoms with Crippen LogP contribution < -0.4 is 0 Å². The Hall–Kier alpha value is 0.543. The molecule has 296 valence electrons. The second-order valence-corrected chi connectivity index (χ2v) is 27.7. The Morgan fingerprint density at radius 2 is 0.286 bits per heavy atom. The Kier molecular flexibility index (Phi) is 43.4. The first-order valence-electron chi connectivity index (χ1n) is 24.2. The van der Waals surface area contributed by atoms with Crippen molar-refractivity contribution < 1.29 is 0 Å². The summed E-state index contributed by atoms with van der Waals surface area (Å²) in [5.74, 6) is 0. The van der Waals surface area contributed by atoms with Crippen molar-refractivity contribution in [2.24, 2.45) is 0 Å². The van der Waals surface area contributed by atoms with Crippen LogP contribution in [0.2, 0.25) is 21.0 Å². The van der Waals surface area contributed by atoms with Crippen molar-refractivity contribution >= 4 is 13.3 Å². The summed E-state index contributed by atoms with van der Waals surface area (Å²) in [6, 6.07) is 0. The maximum atomic E-state index is 2.34. The Morgan fingerprint density at radius 1 is 0.163 bits per heavy atom. The molecule has 0 aliphatic rings. The van der Waals surface area contributed by atoms with Gasteiger partial charge in [0.2, 0.25) is 0 Å². The number of hydrogen-bond donors (Lipinski definition) is 0. The molecule has 0 spiro atoms. The Balaban J connectivity index is 4.87. The van der Waals surface area contributed by atoms with Crippen LogP contribution in [0.3, 0.4) is 0 Å². The van der Waals surface area contributed by atoms with Crippen LogP contribution in [0, 0.1) is 0 Å². The summed E-state index contributed by atoms with van der Waals surface area (Å²) in [5.41, 5.74) is 0. The fourth-order valence-electron chi connectivity index (χ4n) is 8.70. The monoisotopic (exact) mass is 751 g/mol. The molecule has 0 unspecified atom stereocenters. The van der Waals surface area contributed by atoms with E-state index in [0.717, 1.165) is 0 Å². The van der Waals surface area contributed by atoms with E-state index >= 15 is 0 Å². The van der Waals surface area contributed by atoms with Gasteiger partial charge in [-0.1, -0.05) is 0 Å². The van der Waals surface area contributed by atoms with Gasteiger partial charge in [-0.25, -0.2) is 0 Å². The summed E-state index contributed by atoms with van der Waals surface area (Å²) in [4.78, 5) is 0. The number of hydrogen-bond acceptors (Lipinski definition) is 0. The van der Waals surface area contributed by atoms with Gasteiger partial charge in [0.1, 0.15) is 0 Å². The first-order valence-corrected chi connectivity index (χ1v) is 30.2. The van der Waals surface area contributed by atoms with Gasteiger partial charge < -0.3 is 0 Å². The van der Waals surface area contributed by atoms with Crippen molar-refractivity contribution in [3.8, 4) is 0 Å². The molecule has 0 aliphatic heterocycles. The summed E-state index contributed by atoms with van der Waals surface area (Å²) in [6.07, 6.45) is 60.0. The summed E-state index contributed by atoms with van der Waals surface area (Å²) >= 11 is -1.80. The first-order chi connectivity index (χ1) is 24.2. The second kappa shape index (κ2) is 43.0. The van der Waals surface area contributed by atoms with Gasteiger partial charge in [-0.05, 0) is 0 Å². The average molecular weight is 750 g/mol. The molecule has 0 aromatic heterocycles. The van der Waals surface area contributed by atoms with Crippen molar-refractivity contribution in [1.82, 2.24) is 0 Å². The molecule has 0 amide bonds. The third-order valence-corrected chi connectivity index (χ3v) is 24.1. The van der Waals surface area contributed by atoms with Gasteiger partial charge >= 0.3 is 319 Å². The quantitative estimate of drug-likeness (QED) is 0.0430. The second-order valence-electron chi connectivity index (χ2n) is 17.2. The van der Waals surface area contributed by atoms with Crippen LogP contribution in [-0.4, -0.2) is 13.3 Å². The van der Waals surface area contributed by atoms with Gasteiger partial charge in [0.15, 0.2) is 0 Å². The molecule has 0 heterocycles. The first kappa shape index (κ1) is 49.5. The van der Waals surface area contributed by atoms with E-state index < -0.39 is 13.3 Å². The molecule has 1 heteroatoms. The molecule has 0 aliphatic carbocycles. The summed E-state index contributed by atoms with van der Waals surface area (Å²) in [5, 5.41) is 6.96. The standard InChI is InChI=1S/C48H100Ge/c1-5-9-13-17-21-25-29-33-37-41-45-49(46-42-38-34-30-26-22-18-14-10-6-2,47-43-39-35-31-27-23-19-15-11-7-3)48-44-40-36-32-28-24-20-16-12-8-4/h5-48H2,1-4H3. The normalized spacial score (nSPS) is 12.0. The van der Waals surface area contributed by atoms with Crippen LogP contribution in [-0.2, 0) is 0 Å². The van der Waals surface area contributed by atoms with Gasteiger partial charge in [-0.2, -0.15) is 0 Å². The number of unbranched alkanes of at least 4 members (excludes halogenated alkanes) is 36. The van der Waals surface area contributed by atoms with E-state index in [-0.39, 0.29) is 0 Å². The average Bonchev–Trinajstić information content (AvgIpc) is 3.11. The molecule has 0 saturated heterocycles. The van der Waals surface area contributed by atoms with E-state index in [1.807, 2.05) is 0 Å². The molecule has 0 radical (unpaired) electrons. The van der Waals surface area contributed by atoms with Crippen molar-refractivity contribution in [3.63, 3.8) is 0 Å². The predicted octanol–water partition coefficient (Wildman–Crippen LogP) is 19.1. The summed E-state index contributed by atoms with van der Waals surface area (Å²) in [6.45, 7) is 9.36. The van der Waals surface area contributed by atoms with Crippen LogP contribution in [0.4, 0.5) is 0 Å². The summed E-state index contributed by atoms with van der Waals surface area (Å²) < 4.78 is 0. The van der Waals surface area contributed by atoms with Crippen LogP contribution in [0.1, 0.15) is 285 Å². The molecule has 0 atom stereocenters. The van der Waals surface area contributed by atoms with Crippen LogP contribution in [0.5, 0.6) is 0 Å². The fraction of sp³-hybridized carbons (Fsp3) is 1.00. The third kappa shape index (κ3) is 38.1. The van der Waals surface area contributed by atoms with Gasteiger partial charge in [0.25, 0.3) is 0 Å². The molecule has 0 N–H and O–H groups in total. The molecule has 0 fully saturated rings. The Labute approximate surface area is 317 Å². The number of rotatable bonds is 44. The van der Waals surface area contributed by atoms with Crippen molar-refractivity contribution in [1.29, 1.82) is 0 Å². The zero-order chi connectivity index (χ0) is 35.6. The zero-order valence-electron chi connectivity index (χ0n) is 35.6. The van der Waals surface area contributed by atoms with Gasteiger partial charge in [-0.3, -0.25) is 0 Å². The van der Waals surface area contributed by atoms with Gasteiger partial charge in [-0.15, -0.1) is 0 Å². The van der Waals surface area contributed by atoms with E-state index in [2.05, 4.69) is 27.7 Å². The van der Waals surface area contributed by atoms with E-state index in [1.54, 1.807) is 72.4 Å². The van der Waals surface area contributed by atoms with Gasteiger partial charge in [0, 0.05) is 0 Å². The van der Waals surface area contributed by atoms with E-state index in [4.69, 9.17) is 0 Å². The predicted molar refractivity (Wildman–Crippen MR) is 232 cm³/mol. The molecule has 0 bridgehead atoms. The van der Waals surface area contributed by atoms with Crippen LogP contribution in [0.15, 0.2) is 0 Å². The van der Waals surface area contributed by atoms with Gasteiger partial charge in [0.05, 0.1) is 0 Å². The molecule has 0 nitrogen and oxygen atoms in total. The van der Waals surface area contributed by atoms with Crippen molar-refractivity contribution in [3.05, 3.63) is 0 Å². The summed E-state index contributed by atoms with van der Waals surface area (Å²) in [7, 11) is 0. The Bertz CT molecular complexity index is 468. The van der Waals surface area contributed by atoms with E-state index in [1.165, 1.54) is 205 Å². The molecule has 0 aromatic carbocycles. The SMILES string of the molecule is CCCCCCCCCCC[CH2][Ge]([CH2]CCCCCCCCCCC)([CH2]CCCCCCCCCCC)[CH2]CCCCCCCCCCC. The fourth-order valence-corrected chi connectivity index (χ4v) is 20.2. The molecule has 0 aromatic rings. The topological polar surface area (TPSA) is 0 Å². The minimum atomic E-state index is -1.80. The maximum absolute atomic E-state index is 2.34. The molecule has 49 heavy (non-hydrogen) atoms. The molecular formula is C48H100Ge. The third-order valence-electron chi connectivity index (χ3n) is 12.2. The van der Waals surface area contributed by atoms with E-state index in [9.17, 15) is 0 Å². The zero-order valence-corrected chi connectivity index (χ0v) is 37.7. The van der Waals surface area contributed by atoms with E-state index in [0.29, 0.717) is 0 Å².